The molecule has 8 heteroatoms. The number of nitrogens with zero attached hydrogens (tertiary/aromatic N) is 3. The molecule has 0 unspecified atom stereocenters. The summed E-state index contributed by atoms with van der Waals surface area (Å²) in [6.07, 6.45) is 3.44. The Morgan fingerprint density at radius 2 is 2.03 bits per heavy atom. The number of carbonyl (C=O) groups is 1. The van der Waals surface area contributed by atoms with Crippen molar-refractivity contribution in [1.82, 2.24) is 9.97 Å². The molecule has 1 amide bonds. The van der Waals surface area contributed by atoms with Crippen LogP contribution in [0.25, 0.3) is 10.2 Å². The molecule has 146 valence electrons. The number of thiazole rings is 1. The third kappa shape index (κ3) is 3.99. The summed E-state index contributed by atoms with van der Waals surface area (Å²) in [6.45, 7) is 0.327. The van der Waals surface area contributed by atoms with Gasteiger partial charge in [0, 0.05) is 16.9 Å². The van der Waals surface area contributed by atoms with Crippen LogP contribution in [0.3, 0.4) is 0 Å². The van der Waals surface area contributed by atoms with Crippen LogP contribution < -0.4 is 9.64 Å². The number of carbonyl (C=O) groups excluding carboxylic acids is 1. The van der Waals surface area contributed by atoms with E-state index < -0.39 is 0 Å². The molecule has 2 aromatic carbocycles. The van der Waals surface area contributed by atoms with E-state index in [4.69, 9.17) is 21.3 Å². The van der Waals surface area contributed by atoms with Crippen LogP contribution in [0.2, 0.25) is 5.02 Å². The summed E-state index contributed by atoms with van der Waals surface area (Å²) in [5.41, 5.74) is 2.08. The van der Waals surface area contributed by atoms with Crippen LogP contribution in [0.4, 0.5) is 5.13 Å². The van der Waals surface area contributed by atoms with Gasteiger partial charge in [-0.15, -0.1) is 0 Å². The molecule has 0 aliphatic heterocycles. The highest BCUT2D eigenvalue weighted by atomic mass is 79.9. The maximum Gasteiger partial charge on any atom is 0.261 e. The van der Waals surface area contributed by atoms with E-state index in [0.717, 1.165) is 14.7 Å². The first-order chi connectivity index (χ1) is 14.1. The van der Waals surface area contributed by atoms with E-state index in [1.807, 2.05) is 30.3 Å². The molecule has 0 atom stereocenters. The fourth-order valence-corrected chi connectivity index (χ4v) is 4.61. The van der Waals surface area contributed by atoms with Crippen molar-refractivity contribution < 1.29 is 9.53 Å². The summed E-state index contributed by atoms with van der Waals surface area (Å²) >= 11 is 11.2. The third-order valence-corrected chi connectivity index (χ3v) is 6.54. The second kappa shape index (κ2) is 8.49. The average molecular weight is 489 g/mol. The van der Waals surface area contributed by atoms with Crippen molar-refractivity contribution in [2.75, 3.05) is 12.0 Å². The number of rotatable bonds is 5. The standard InChI is InChI=1S/C21H15BrClN3O2S/c1-28-17-9-8-16(23)19-18(17)25-21(29-19)26(12-13-5-4-10-24-11-13)20(27)14-6-2-3-7-15(14)22/h2-11H,12H2,1H3. The molecule has 0 saturated carbocycles. The molecule has 4 rings (SSSR count). The maximum absolute atomic E-state index is 13.5. The van der Waals surface area contributed by atoms with Gasteiger partial charge in [0.05, 0.1) is 28.9 Å². The summed E-state index contributed by atoms with van der Waals surface area (Å²) in [5.74, 6) is 0.442. The zero-order valence-corrected chi connectivity index (χ0v) is 18.5. The van der Waals surface area contributed by atoms with Crippen LogP contribution in [-0.4, -0.2) is 23.0 Å². The van der Waals surface area contributed by atoms with Gasteiger partial charge in [-0.25, -0.2) is 4.98 Å². The number of anilines is 1. The topological polar surface area (TPSA) is 55.3 Å². The molecule has 5 nitrogen and oxygen atoms in total. The molecule has 29 heavy (non-hydrogen) atoms. The summed E-state index contributed by atoms with van der Waals surface area (Å²) < 4.78 is 6.92. The Morgan fingerprint density at radius 3 is 2.76 bits per heavy atom. The molecule has 4 aromatic rings. The monoisotopic (exact) mass is 487 g/mol. The van der Waals surface area contributed by atoms with Gasteiger partial charge in [-0.3, -0.25) is 14.7 Å². The first-order valence-corrected chi connectivity index (χ1v) is 10.7. The lowest BCUT2D eigenvalue weighted by molar-refractivity contribution is 0.0984. The van der Waals surface area contributed by atoms with E-state index in [1.165, 1.54) is 11.3 Å². The van der Waals surface area contributed by atoms with Crippen molar-refractivity contribution in [2.24, 2.45) is 0 Å². The predicted molar refractivity (Wildman–Crippen MR) is 120 cm³/mol. The summed E-state index contributed by atoms with van der Waals surface area (Å²) in [6, 6.07) is 14.6. The van der Waals surface area contributed by atoms with Crippen molar-refractivity contribution in [1.29, 1.82) is 0 Å². The van der Waals surface area contributed by atoms with E-state index in [-0.39, 0.29) is 5.91 Å². The van der Waals surface area contributed by atoms with Crippen LogP contribution in [0.5, 0.6) is 5.75 Å². The van der Waals surface area contributed by atoms with Crippen LogP contribution in [-0.2, 0) is 6.54 Å². The lowest BCUT2D eigenvalue weighted by Crippen LogP contribution is -2.30. The fourth-order valence-electron chi connectivity index (χ4n) is 2.90. The molecule has 0 fully saturated rings. The Hall–Kier alpha value is -2.48. The molecule has 0 saturated heterocycles. The predicted octanol–water partition coefficient (Wildman–Crippen LogP) is 5.96. The van der Waals surface area contributed by atoms with Crippen molar-refractivity contribution in [2.45, 2.75) is 6.54 Å². The lowest BCUT2D eigenvalue weighted by Gasteiger charge is -2.20. The van der Waals surface area contributed by atoms with Crippen molar-refractivity contribution in [3.63, 3.8) is 0 Å². The summed E-state index contributed by atoms with van der Waals surface area (Å²) in [5, 5.41) is 1.11. The van der Waals surface area contributed by atoms with E-state index >= 15 is 0 Å². The van der Waals surface area contributed by atoms with Crippen molar-refractivity contribution in [3.05, 3.63) is 81.5 Å². The van der Waals surface area contributed by atoms with Crippen molar-refractivity contribution in [3.8, 4) is 5.75 Å². The highest BCUT2D eigenvalue weighted by Gasteiger charge is 2.24. The zero-order valence-electron chi connectivity index (χ0n) is 15.3. The third-order valence-electron chi connectivity index (χ3n) is 4.31. The van der Waals surface area contributed by atoms with Crippen molar-refractivity contribution >= 4 is 60.1 Å². The Bertz CT molecular complexity index is 1180. The fraction of sp³-hybridized carbons (Fsp3) is 0.0952. The number of fused-ring (bicyclic) bond motifs is 1. The Morgan fingerprint density at radius 1 is 1.21 bits per heavy atom. The number of methoxy groups -OCH3 is 1. The van der Waals surface area contributed by atoms with Crippen LogP contribution in [0.15, 0.2) is 65.4 Å². The van der Waals surface area contributed by atoms with Gasteiger partial charge in [0.2, 0.25) is 0 Å². The zero-order chi connectivity index (χ0) is 20.4. The Kier molecular flexibility index (Phi) is 5.80. The minimum atomic E-state index is -0.171. The second-order valence-corrected chi connectivity index (χ2v) is 8.40. The Balaban J connectivity index is 1.84. The number of ether oxygens (including phenoxy) is 1. The van der Waals surface area contributed by atoms with Gasteiger partial charge in [0.15, 0.2) is 5.13 Å². The van der Waals surface area contributed by atoms with E-state index in [0.29, 0.717) is 33.5 Å². The van der Waals surface area contributed by atoms with E-state index in [2.05, 4.69) is 20.9 Å². The highest BCUT2D eigenvalue weighted by Crippen LogP contribution is 2.39. The van der Waals surface area contributed by atoms with Gasteiger partial charge in [0.1, 0.15) is 11.3 Å². The minimum absolute atomic E-state index is 0.171. The van der Waals surface area contributed by atoms with Gasteiger partial charge < -0.3 is 4.74 Å². The minimum Gasteiger partial charge on any atom is -0.494 e. The second-order valence-electron chi connectivity index (χ2n) is 6.16. The summed E-state index contributed by atoms with van der Waals surface area (Å²) in [4.78, 5) is 24.0. The van der Waals surface area contributed by atoms with Crippen LogP contribution in [0.1, 0.15) is 15.9 Å². The number of hydrogen-bond donors (Lipinski definition) is 0. The van der Waals surface area contributed by atoms with Gasteiger partial charge >= 0.3 is 0 Å². The first-order valence-electron chi connectivity index (χ1n) is 8.67. The molecular weight excluding hydrogens is 474 g/mol. The lowest BCUT2D eigenvalue weighted by atomic mass is 10.2. The number of halogens is 2. The number of amides is 1. The SMILES string of the molecule is COc1ccc(Cl)c2sc(N(Cc3cccnc3)C(=O)c3ccccc3Br)nc12. The molecule has 0 radical (unpaired) electrons. The molecule has 0 aliphatic carbocycles. The Labute approximate surface area is 185 Å². The molecule has 0 N–H and O–H groups in total. The maximum atomic E-state index is 13.5. The number of aromatic nitrogens is 2. The van der Waals surface area contributed by atoms with Crippen LogP contribution >= 0.6 is 38.9 Å². The van der Waals surface area contributed by atoms with Gasteiger partial charge in [0.25, 0.3) is 5.91 Å². The molecule has 0 spiro atoms. The highest BCUT2D eigenvalue weighted by molar-refractivity contribution is 9.10. The van der Waals surface area contributed by atoms with Gasteiger partial charge in [-0.05, 0) is 51.8 Å². The molecule has 2 aromatic heterocycles. The quantitative estimate of drug-likeness (QED) is 0.348. The molecule has 0 bridgehead atoms. The first kappa shape index (κ1) is 19.8. The smallest absolute Gasteiger partial charge is 0.261 e. The normalized spacial score (nSPS) is 10.9. The summed E-state index contributed by atoms with van der Waals surface area (Å²) in [7, 11) is 1.58. The number of pyridine rings is 1. The molecule has 0 aliphatic rings. The van der Waals surface area contributed by atoms with E-state index in [1.54, 1.807) is 42.6 Å². The largest absolute Gasteiger partial charge is 0.494 e. The van der Waals surface area contributed by atoms with E-state index in [9.17, 15) is 4.79 Å². The molecular formula is C21H15BrClN3O2S. The number of hydrogen-bond acceptors (Lipinski definition) is 5. The molecule has 2 heterocycles. The average Bonchev–Trinajstić information content (AvgIpc) is 3.19. The van der Waals surface area contributed by atoms with Crippen LogP contribution in [0, 0.1) is 0 Å². The number of benzene rings is 2. The van der Waals surface area contributed by atoms with Gasteiger partial charge in [-0.1, -0.05) is 41.1 Å². The van der Waals surface area contributed by atoms with Gasteiger partial charge in [-0.2, -0.15) is 0 Å².